The van der Waals surface area contributed by atoms with Gasteiger partial charge in [0.05, 0.1) is 29.5 Å². The van der Waals surface area contributed by atoms with Crippen molar-refractivity contribution in [2.45, 2.75) is 0 Å². The minimum atomic E-state index is -0.536. The molecule has 1 heterocycles. The fourth-order valence-electron chi connectivity index (χ4n) is 4.01. The van der Waals surface area contributed by atoms with Gasteiger partial charge in [-0.2, -0.15) is 0 Å². The molecule has 4 aromatic carbocycles. The molecule has 5 rings (SSSR count). The lowest BCUT2D eigenvalue weighted by Gasteiger charge is -2.14. The lowest BCUT2D eigenvalue weighted by Crippen LogP contribution is -2.29. The fourth-order valence-corrected chi connectivity index (χ4v) is 4.01. The SMILES string of the molecule is COC(=O)c1ccc(N2C(=O)c3ccc(C(=O)Nc4cccc5ccccc45)cc3C2=O)cc1. The maximum absolute atomic E-state index is 13.1. The number of methoxy groups -OCH3 is 1. The van der Waals surface area contributed by atoms with E-state index in [1.807, 2.05) is 42.5 Å². The number of esters is 1. The summed E-state index contributed by atoms with van der Waals surface area (Å²) < 4.78 is 4.67. The van der Waals surface area contributed by atoms with Crippen LogP contribution in [0.25, 0.3) is 10.8 Å². The number of carbonyl (C=O) groups excluding carboxylic acids is 4. The molecule has 0 spiro atoms. The summed E-state index contributed by atoms with van der Waals surface area (Å²) in [5, 5.41) is 4.78. The molecule has 166 valence electrons. The van der Waals surface area contributed by atoms with E-state index in [9.17, 15) is 19.2 Å². The first kappa shape index (κ1) is 21.1. The molecule has 1 aliphatic rings. The van der Waals surface area contributed by atoms with Crippen LogP contribution >= 0.6 is 0 Å². The maximum Gasteiger partial charge on any atom is 0.337 e. The van der Waals surface area contributed by atoms with Crippen molar-refractivity contribution in [3.05, 3.63) is 107 Å². The van der Waals surface area contributed by atoms with Crippen LogP contribution in [-0.2, 0) is 4.74 Å². The number of benzene rings is 4. The van der Waals surface area contributed by atoms with Crippen molar-refractivity contribution in [1.82, 2.24) is 0 Å². The molecule has 3 amide bonds. The number of rotatable bonds is 4. The van der Waals surface area contributed by atoms with Gasteiger partial charge in [-0.05, 0) is 53.9 Å². The van der Waals surface area contributed by atoms with E-state index in [2.05, 4.69) is 10.1 Å². The minimum Gasteiger partial charge on any atom is -0.465 e. The number of fused-ring (bicyclic) bond motifs is 2. The van der Waals surface area contributed by atoms with Gasteiger partial charge in [-0.3, -0.25) is 14.4 Å². The summed E-state index contributed by atoms with van der Waals surface area (Å²) in [5.74, 6) is -1.94. The van der Waals surface area contributed by atoms with E-state index < -0.39 is 17.8 Å². The molecule has 0 fully saturated rings. The Morgan fingerprint density at radius 2 is 1.44 bits per heavy atom. The molecule has 1 N–H and O–H groups in total. The molecule has 0 radical (unpaired) electrons. The van der Waals surface area contributed by atoms with Gasteiger partial charge in [-0.1, -0.05) is 36.4 Å². The van der Waals surface area contributed by atoms with Gasteiger partial charge in [0.15, 0.2) is 0 Å². The zero-order chi connectivity index (χ0) is 23.8. The highest BCUT2D eigenvalue weighted by Gasteiger charge is 2.37. The Morgan fingerprint density at radius 3 is 2.21 bits per heavy atom. The van der Waals surface area contributed by atoms with Crippen LogP contribution in [0, 0.1) is 0 Å². The summed E-state index contributed by atoms with van der Waals surface area (Å²) in [5.41, 5.74) is 1.89. The van der Waals surface area contributed by atoms with Crippen LogP contribution in [0.4, 0.5) is 11.4 Å². The van der Waals surface area contributed by atoms with E-state index in [4.69, 9.17) is 0 Å². The first-order valence-corrected chi connectivity index (χ1v) is 10.5. The Kier molecular flexibility index (Phi) is 5.14. The number of carbonyl (C=O) groups is 4. The van der Waals surface area contributed by atoms with Crippen LogP contribution in [-0.4, -0.2) is 30.8 Å². The van der Waals surface area contributed by atoms with Crippen molar-refractivity contribution in [2.24, 2.45) is 0 Å². The number of hydrogen-bond donors (Lipinski definition) is 1. The number of nitrogens with zero attached hydrogens (tertiary/aromatic N) is 1. The van der Waals surface area contributed by atoms with E-state index in [-0.39, 0.29) is 22.6 Å². The summed E-state index contributed by atoms with van der Waals surface area (Å²) >= 11 is 0. The second-order valence-electron chi connectivity index (χ2n) is 7.73. The van der Waals surface area contributed by atoms with E-state index in [1.54, 1.807) is 0 Å². The molecule has 1 aliphatic heterocycles. The Balaban J connectivity index is 1.42. The van der Waals surface area contributed by atoms with Gasteiger partial charge in [-0.15, -0.1) is 0 Å². The zero-order valence-corrected chi connectivity index (χ0v) is 18.1. The normalized spacial score (nSPS) is 12.6. The van der Waals surface area contributed by atoms with Crippen LogP contribution in [0.2, 0.25) is 0 Å². The van der Waals surface area contributed by atoms with Crippen LogP contribution in [0.15, 0.2) is 84.9 Å². The molecular weight excluding hydrogens is 432 g/mol. The zero-order valence-electron chi connectivity index (χ0n) is 18.1. The van der Waals surface area contributed by atoms with E-state index in [1.165, 1.54) is 49.6 Å². The smallest absolute Gasteiger partial charge is 0.337 e. The third-order valence-corrected chi connectivity index (χ3v) is 5.73. The van der Waals surface area contributed by atoms with Gasteiger partial charge in [0.1, 0.15) is 0 Å². The van der Waals surface area contributed by atoms with Gasteiger partial charge in [0.2, 0.25) is 0 Å². The summed E-state index contributed by atoms with van der Waals surface area (Å²) in [6, 6.07) is 23.7. The quantitative estimate of drug-likeness (QED) is 0.360. The van der Waals surface area contributed by atoms with Crippen LogP contribution < -0.4 is 10.2 Å². The molecule has 0 saturated carbocycles. The van der Waals surface area contributed by atoms with Crippen LogP contribution in [0.1, 0.15) is 41.4 Å². The van der Waals surface area contributed by atoms with Crippen molar-refractivity contribution in [2.75, 3.05) is 17.3 Å². The van der Waals surface area contributed by atoms with E-state index >= 15 is 0 Å². The summed E-state index contributed by atoms with van der Waals surface area (Å²) in [6.45, 7) is 0. The van der Waals surface area contributed by atoms with Crippen molar-refractivity contribution in [3.63, 3.8) is 0 Å². The highest BCUT2D eigenvalue weighted by Crippen LogP contribution is 2.30. The minimum absolute atomic E-state index is 0.146. The van der Waals surface area contributed by atoms with Crippen LogP contribution in [0.5, 0.6) is 0 Å². The predicted octanol–water partition coefficient (Wildman–Crippen LogP) is 4.68. The second-order valence-corrected chi connectivity index (χ2v) is 7.73. The van der Waals surface area contributed by atoms with E-state index in [0.29, 0.717) is 16.9 Å². The first-order chi connectivity index (χ1) is 16.5. The van der Waals surface area contributed by atoms with Gasteiger partial charge in [0, 0.05) is 16.6 Å². The highest BCUT2D eigenvalue weighted by atomic mass is 16.5. The number of nitrogens with one attached hydrogen (secondary N) is 1. The number of hydrogen-bond acceptors (Lipinski definition) is 5. The number of anilines is 2. The lowest BCUT2D eigenvalue weighted by atomic mass is 10.0. The number of amides is 3. The summed E-state index contributed by atoms with van der Waals surface area (Å²) in [4.78, 5) is 51.6. The van der Waals surface area contributed by atoms with Gasteiger partial charge < -0.3 is 10.1 Å². The molecular formula is C27H18N2O5. The summed E-state index contributed by atoms with van der Waals surface area (Å²) in [7, 11) is 1.27. The molecule has 34 heavy (non-hydrogen) atoms. The Labute approximate surface area is 194 Å². The molecule has 0 atom stereocenters. The number of imide groups is 1. The molecule has 0 bridgehead atoms. The average Bonchev–Trinajstić information content (AvgIpc) is 3.13. The highest BCUT2D eigenvalue weighted by molar-refractivity contribution is 6.34. The van der Waals surface area contributed by atoms with Crippen molar-refractivity contribution in [1.29, 1.82) is 0 Å². The lowest BCUT2D eigenvalue weighted by molar-refractivity contribution is 0.0600. The molecule has 0 saturated heterocycles. The monoisotopic (exact) mass is 450 g/mol. The topological polar surface area (TPSA) is 92.8 Å². The second kappa shape index (κ2) is 8.29. The maximum atomic E-state index is 13.1. The third-order valence-electron chi connectivity index (χ3n) is 5.73. The Hall–Kier alpha value is -4.78. The molecule has 0 aromatic heterocycles. The standard InChI is InChI=1S/C27H18N2O5/c1-34-27(33)17-9-12-19(13-10-17)29-25(31)21-14-11-18(15-22(21)26(29)32)24(30)28-23-8-4-6-16-5-2-3-7-20(16)23/h2-15H,1H3,(H,28,30). The largest absolute Gasteiger partial charge is 0.465 e. The van der Waals surface area contributed by atoms with Gasteiger partial charge in [0.25, 0.3) is 17.7 Å². The average molecular weight is 450 g/mol. The van der Waals surface area contributed by atoms with Crippen LogP contribution in [0.3, 0.4) is 0 Å². The molecule has 0 unspecified atom stereocenters. The Morgan fingerprint density at radius 1 is 0.765 bits per heavy atom. The molecule has 0 aliphatic carbocycles. The molecule has 7 nitrogen and oxygen atoms in total. The predicted molar refractivity (Wildman–Crippen MR) is 127 cm³/mol. The Bertz CT molecular complexity index is 1490. The van der Waals surface area contributed by atoms with Crippen molar-refractivity contribution in [3.8, 4) is 0 Å². The van der Waals surface area contributed by atoms with Gasteiger partial charge >= 0.3 is 5.97 Å². The van der Waals surface area contributed by atoms with Crippen molar-refractivity contribution >= 4 is 45.8 Å². The fraction of sp³-hybridized carbons (Fsp3) is 0.0370. The molecule has 7 heteroatoms. The first-order valence-electron chi connectivity index (χ1n) is 10.5. The summed E-state index contributed by atoms with van der Waals surface area (Å²) in [6.07, 6.45) is 0. The van der Waals surface area contributed by atoms with Crippen molar-refractivity contribution < 1.29 is 23.9 Å². The third kappa shape index (κ3) is 3.49. The van der Waals surface area contributed by atoms with E-state index in [0.717, 1.165) is 15.7 Å². The molecule has 4 aromatic rings. The van der Waals surface area contributed by atoms with Gasteiger partial charge in [-0.25, -0.2) is 9.69 Å². The number of ether oxygens (including phenoxy) is 1.